The van der Waals surface area contributed by atoms with Crippen LogP contribution in [0.4, 0.5) is 5.69 Å². The van der Waals surface area contributed by atoms with Crippen molar-refractivity contribution in [1.29, 1.82) is 0 Å². The van der Waals surface area contributed by atoms with Gasteiger partial charge >= 0.3 is 0 Å². The highest BCUT2D eigenvalue weighted by molar-refractivity contribution is 8.15. The van der Waals surface area contributed by atoms with Crippen LogP contribution in [0.1, 0.15) is 11.1 Å². The van der Waals surface area contributed by atoms with Crippen molar-refractivity contribution in [2.45, 2.75) is 24.1 Å². The largest absolute Gasteiger partial charge is 0.493 e. The highest BCUT2D eigenvalue weighted by atomic mass is 32.2. The molecule has 1 amide bonds. The van der Waals surface area contributed by atoms with Crippen LogP contribution in [0.25, 0.3) is 0 Å². The van der Waals surface area contributed by atoms with E-state index < -0.39 is 9.84 Å². The average Bonchev–Trinajstić information content (AvgIpc) is 3.27. The van der Waals surface area contributed by atoms with Gasteiger partial charge < -0.3 is 20.1 Å². The molecule has 2 aromatic rings. The number of amidine groups is 1. The second kappa shape index (κ2) is 10.0. The zero-order chi connectivity index (χ0) is 23.4. The SMILES string of the molecule is COc1ccc(CCNC(=O)Cc2ccc(NC3=N[C@@H]4CS(=O)(=O)C[C@H]4S3)cc2)cc1OC. The fraction of sp³-hybridized carbons (Fsp3) is 0.391. The van der Waals surface area contributed by atoms with Gasteiger partial charge in [0, 0.05) is 17.5 Å². The van der Waals surface area contributed by atoms with Crippen LogP contribution in [0, 0.1) is 0 Å². The number of nitrogens with one attached hydrogen (secondary N) is 2. The Hall–Kier alpha value is -2.72. The van der Waals surface area contributed by atoms with E-state index >= 15 is 0 Å². The molecule has 2 N–H and O–H groups in total. The number of carbonyl (C=O) groups excluding carboxylic acids is 1. The monoisotopic (exact) mass is 489 g/mol. The third kappa shape index (κ3) is 6.00. The van der Waals surface area contributed by atoms with Crippen LogP contribution >= 0.6 is 11.8 Å². The summed E-state index contributed by atoms with van der Waals surface area (Å²) in [5.74, 6) is 1.64. The van der Waals surface area contributed by atoms with Gasteiger partial charge in [-0.3, -0.25) is 9.79 Å². The lowest BCUT2D eigenvalue weighted by Gasteiger charge is -2.10. The summed E-state index contributed by atoms with van der Waals surface area (Å²) in [4.78, 5) is 16.8. The molecule has 0 bridgehead atoms. The molecule has 1 fully saturated rings. The third-order valence-corrected chi connectivity index (χ3v) is 8.71. The molecule has 33 heavy (non-hydrogen) atoms. The summed E-state index contributed by atoms with van der Waals surface area (Å²) in [5, 5.41) is 6.96. The summed E-state index contributed by atoms with van der Waals surface area (Å²) >= 11 is 1.49. The van der Waals surface area contributed by atoms with E-state index in [9.17, 15) is 13.2 Å². The lowest BCUT2D eigenvalue weighted by molar-refractivity contribution is -0.120. The summed E-state index contributed by atoms with van der Waals surface area (Å²) < 4.78 is 33.9. The molecule has 1 saturated heterocycles. The van der Waals surface area contributed by atoms with Crippen molar-refractivity contribution in [3.63, 3.8) is 0 Å². The first kappa shape index (κ1) is 23.4. The van der Waals surface area contributed by atoms with Gasteiger partial charge in [-0.15, -0.1) is 0 Å². The minimum absolute atomic E-state index is 0.0134. The van der Waals surface area contributed by atoms with Crippen molar-refractivity contribution in [1.82, 2.24) is 5.32 Å². The van der Waals surface area contributed by atoms with Crippen LogP contribution in [-0.4, -0.2) is 63.1 Å². The van der Waals surface area contributed by atoms with Crippen LogP contribution in [0.15, 0.2) is 47.5 Å². The van der Waals surface area contributed by atoms with Gasteiger partial charge in [-0.25, -0.2) is 8.42 Å². The predicted molar refractivity (Wildman–Crippen MR) is 131 cm³/mol. The maximum atomic E-state index is 12.3. The van der Waals surface area contributed by atoms with Crippen molar-refractivity contribution in [2.75, 3.05) is 37.6 Å². The van der Waals surface area contributed by atoms with E-state index in [4.69, 9.17) is 9.47 Å². The summed E-state index contributed by atoms with van der Waals surface area (Å²) in [5.41, 5.74) is 2.83. The maximum Gasteiger partial charge on any atom is 0.224 e. The number of amides is 1. The zero-order valence-corrected chi connectivity index (χ0v) is 20.2. The van der Waals surface area contributed by atoms with Crippen molar-refractivity contribution in [3.05, 3.63) is 53.6 Å². The Balaban J connectivity index is 1.23. The normalized spacial score (nSPS) is 20.6. The minimum atomic E-state index is -2.95. The van der Waals surface area contributed by atoms with Crippen LogP contribution in [0.3, 0.4) is 0 Å². The molecule has 0 saturated carbocycles. The van der Waals surface area contributed by atoms with Gasteiger partial charge in [0.15, 0.2) is 26.5 Å². The molecule has 10 heteroatoms. The molecule has 2 aromatic carbocycles. The van der Waals surface area contributed by atoms with Gasteiger partial charge in [-0.1, -0.05) is 30.0 Å². The van der Waals surface area contributed by atoms with Crippen LogP contribution < -0.4 is 20.1 Å². The Morgan fingerprint density at radius 1 is 1.06 bits per heavy atom. The second-order valence-corrected chi connectivity index (χ2v) is 11.4. The number of aliphatic imine (C=N–C) groups is 1. The van der Waals surface area contributed by atoms with E-state index in [2.05, 4.69) is 15.6 Å². The molecule has 2 atom stereocenters. The molecule has 0 radical (unpaired) electrons. The Bertz CT molecular complexity index is 1150. The van der Waals surface area contributed by atoms with Crippen LogP contribution in [-0.2, 0) is 27.5 Å². The lowest BCUT2D eigenvalue weighted by Crippen LogP contribution is -2.27. The number of methoxy groups -OCH3 is 2. The summed E-state index contributed by atoms with van der Waals surface area (Å²) in [6.07, 6.45) is 0.988. The second-order valence-electron chi connectivity index (χ2n) is 8.02. The quantitative estimate of drug-likeness (QED) is 0.586. The van der Waals surface area contributed by atoms with Gasteiger partial charge in [0.05, 0.1) is 38.2 Å². The molecule has 0 unspecified atom stereocenters. The first-order valence-corrected chi connectivity index (χ1v) is 13.3. The minimum Gasteiger partial charge on any atom is -0.493 e. The molecule has 2 aliphatic rings. The van der Waals surface area contributed by atoms with Crippen molar-refractivity contribution in [2.24, 2.45) is 4.99 Å². The van der Waals surface area contributed by atoms with Gasteiger partial charge in [0.1, 0.15) is 0 Å². The van der Waals surface area contributed by atoms with Crippen molar-refractivity contribution in [3.8, 4) is 11.5 Å². The third-order valence-electron chi connectivity index (χ3n) is 5.57. The Morgan fingerprint density at radius 3 is 2.48 bits per heavy atom. The Kier molecular flexibility index (Phi) is 7.14. The summed E-state index contributed by atoms with van der Waals surface area (Å²) in [6.45, 7) is 0.531. The number of fused-ring (bicyclic) bond motifs is 1. The topological polar surface area (TPSA) is 106 Å². The number of anilines is 1. The molecule has 0 aromatic heterocycles. The number of carbonyl (C=O) groups is 1. The van der Waals surface area contributed by atoms with E-state index in [-0.39, 0.29) is 28.7 Å². The summed E-state index contributed by atoms with van der Waals surface area (Å²) in [6, 6.07) is 13.2. The number of nitrogens with zero attached hydrogens (tertiary/aromatic N) is 1. The maximum absolute atomic E-state index is 12.3. The van der Waals surface area contributed by atoms with Crippen LogP contribution in [0.2, 0.25) is 0 Å². The number of hydrogen-bond donors (Lipinski definition) is 2. The molecule has 0 aliphatic carbocycles. The van der Waals surface area contributed by atoms with Crippen molar-refractivity contribution >= 4 is 38.4 Å². The molecule has 2 aliphatic heterocycles. The molecule has 176 valence electrons. The predicted octanol–water partition coefficient (Wildman–Crippen LogP) is 2.29. The summed E-state index contributed by atoms with van der Waals surface area (Å²) in [7, 11) is 0.246. The fourth-order valence-electron chi connectivity index (χ4n) is 3.88. The average molecular weight is 490 g/mol. The number of ether oxygens (including phenoxy) is 2. The van der Waals surface area contributed by atoms with Gasteiger partial charge in [0.25, 0.3) is 0 Å². The van der Waals surface area contributed by atoms with Gasteiger partial charge in [0.2, 0.25) is 5.91 Å². The highest BCUT2D eigenvalue weighted by Crippen LogP contribution is 2.34. The number of hydrogen-bond acceptors (Lipinski definition) is 8. The molecular weight excluding hydrogens is 462 g/mol. The van der Waals surface area contributed by atoms with Crippen molar-refractivity contribution < 1.29 is 22.7 Å². The number of thioether (sulfide) groups is 1. The van der Waals surface area contributed by atoms with Gasteiger partial charge in [-0.05, 0) is 41.8 Å². The number of benzene rings is 2. The smallest absolute Gasteiger partial charge is 0.224 e. The molecule has 8 nitrogen and oxygen atoms in total. The fourth-order valence-corrected chi connectivity index (χ4v) is 7.55. The standard InChI is InChI=1S/C23H27N3O5S2/c1-30-19-8-5-16(11-20(19)31-2)9-10-24-22(27)12-15-3-6-17(7-4-15)25-23-26-18-13-33(28,29)14-21(18)32-23/h3-8,11,18,21H,9-10,12-14H2,1-2H3,(H,24,27)(H,25,26)/t18-,21-/m1/s1. The molecular formula is C23H27N3O5S2. The van der Waals surface area contributed by atoms with Gasteiger partial charge in [-0.2, -0.15) is 0 Å². The molecule has 2 heterocycles. The van der Waals surface area contributed by atoms with E-state index in [0.717, 1.165) is 22.0 Å². The highest BCUT2D eigenvalue weighted by Gasteiger charge is 2.42. The number of rotatable bonds is 8. The molecule has 0 spiro atoms. The first-order valence-electron chi connectivity index (χ1n) is 10.6. The number of sulfone groups is 1. The first-order chi connectivity index (χ1) is 15.8. The Morgan fingerprint density at radius 2 is 1.79 bits per heavy atom. The molecule has 4 rings (SSSR count). The van der Waals surface area contributed by atoms with E-state index in [1.54, 1.807) is 14.2 Å². The lowest BCUT2D eigenvalue weighted by atomic mass is 10.1. The van der Waals surface area contributed by atoms with E-state index in [1.165, 1.54) is 11.8 Å². The zero-order valence-electron chi connectivity index (χ0n) is 18.5. The van der Waals surface area contributed by atoms with E-state index in [0.29, 0.717) is 30.9 Å². The Labute approximate surface area is 198 Å². The van der Waals surface area contributed by atoms with Crippen LogP contribution in [0.5, 0.6) is 11.5 Å². The van der Waals surface area contributed by atoms with E-state index in [1.807, 2.05) is 42.5 Å².